The van der Waals surface area contributed by atoms with Gasteiger partial charge in [-0.1, -0.05) is 12.1 Å². The molecule has 6 heteroatoms. The number of anilines is 1. The van der Waals surface area contributed by atoms with Gasteiger partial charge in [-0.25, -0.2) is 4.98 Å². The lowest BCUT2D eigenvalue weighted by Crippen LogP contribution is -2.14. The van der Waals surface area contributed by atoms with Gasteiger partial charge in [0.25, 0.3) is 5.91 Å². The number of aryl methyl sites for hydroxylation is 1. The number of aromatic nitrogens is 1. The Kier molecular flexibility index (Phi) is 5.09. The van der Waals surface area contributed by atoms with Crippen molar-refractivity contribution in [2.24, 2.45) is 0 Å². The van der Waals surface area contributed by atoms with E-state index < -0.39 is 5.95 Å². The molecule has 3 aromatic rings. The molecule has 0 fully saturated rings. The number of nitrogens with zero attached hydrogens (tertiary/aromatic N) is 1. The molecule has 1 aromatic heterocycles. The predicted octanol–water partition coefficient (Wildman–Crippen LogP) is 5.34. The van der Waals surface area contributed by atoms with Crippen molar-refractivity contribution in [1.82, 2.24) is 4.98 Å². The second kappa shape index (κ2) is 7.44. The lowest BCUT2D eigenvalue weighted by atomic mass is 10.2. The van der Waals surface area contributed by atoms with E-state index in [-0.39, 0.29) is 5.91 Å². The standard InChI is InChI=1S/C19H14BrFN2O2/c1-12-15(10-11-18(21)22-12)19(24)23-13-6-8-14(9-7-13)25-17-5-3-2-4-16(17)20/h2-11H,1H3,(H,23,24). The third-order valence-electron chi connectivity index (χ3n) is 3.47. The molecule has 0 radical (unpaired) electrons. The van der Waals surface area contributed by atoms with Crippen molar-refractivity contribution in [2.45, 2.75) is 6.92 Å². The largest absolute Gasteiger partial charge is 0.456 e. The molecule has 0 bridgehead atoms. The highest BCUT2D eigenvalue weighted by atomic mass is 79.9. The molecule has 0 spiro atoms. The van der Waals surface area contributed by atoms with Crippen molar-refractivity contribution in [2.75, 3.05) is 5.32 Å². The van der Waals surface area contributed by atoms with E-state index in [9.17, 15) is 9.18 Å². The minimum Gasteiger partial charge on any atom is -0.456 e. The van der Waals surface area contributed by atoms with Gasteiger partial charge in [0, 0.05) is 5.69 Å². The number of benzene rings is 2. The highest BCUT2D eigenvalue weighted by Gasteiger charge is 2.11. The number of hydrogen-bond acceptors (Lipinski definition) is 3. The van der Waals surface area contributed by atoms with Crippen molar-refractivity contribution < 1.29 is 13.9 Å². The Morgan fingerprint density at radius 3 is 2.48 bits per heavy atom. The van der Waals surface area contributed by atoms with Crippen molar-refractivity contribution in [3.05, 3.63) is 82.3 Å². The van der Waals surface area contributed by atoms with E-state index in [0.29, 0.717) is 28.4 Å². The first kappa shape index (κ1) is 17.1. The maximum atomic E-state index is 13.0. The Labute approximate surface area is 152 Å². The zero-order chi connectivity index (χ0) is 17.8. The molecule has 0 aliphatic heterocycles. The predicted molar refractivity (Wildman–Crippen MR) is 97.5 cm³/mol. The molecule has 0 saturated heterocycles. The molecular formula is C19H14BrFN2O2. The first-order valence-electron chi connectivity index (χ1n) is 7.50. The van der Waals surface area contributed by atoms with Gasteiger partial charge in [0.2, 0.25) is 5.95 Å². The van der Waals surface area contributed by atoms with Crippen molar-refractivity contribution in [1.29, 1.82) is 0 Å². The summed E-state index contributed by atoms with van der Waals surface area (Å²) in [6.07, 6.45) is 0. The second-order valence-corrected chi connectivity index (χ2v) is 6.13. The summed E-state index contributed by atoms with van der Waals surface area (Å²) in [4.78, 5) is 15.9. The SMILES string of the molecule is Cc1nc(F)ccc1C(=O)Nc1ccc(Oc2ccccc2Br)cc1. The minimum absolute atomic E-state index is 0.329. The van der Waals surface area contributed by atoms with Crippen LogP contribution in [0, 0.1) is 12.9 Å². The summed E-state index contributed by atoms with van der Waals surface area (Å²) in [5.74, 6) is 0.393. The first-order chi connectivity index (χ1) is 12.0. The van der Waals surface area contributed by atoms with Crippen LogP contribution in [0.4, 0.5) is 10.1 Å². The summed E-state index contributed by atoms with van der Waals surface area (Å²) >= 11 is 3.42. The highest BCUT2D eigenvalue weighted by Crippen LogP contribution is 2.29. The van der Waals surface area contributed by atoms with Gasteiger partial charge in [-0.3, -0.25) is 4.79 Å². The Hall–Kier alpha value is -2.73. The molecule has 0 aliphatic carbocycles. The van der Waals surface area contributed by atoms with E-state index in [0.717, 1.165) is 10.5 Å². The summed E-state index contributed by atoms with van der Waals surface area (Å²) in [6.45, 7) is 1.59. The topological polar surface area (TPSA) is 51.2 Å². The number of rotatable bonds is 4. The van der Waals surface area contributed by atoms with Crippen LogP contribution in [0.25, 0.3) is 0 Å². The summed E-state index contributed by atoms with van der Waals surface area (Å²) in [6, 6.07) is 17.1. The van der Waals surface area contributed by atoms with Crippen LogP contribution in [-0.2, 0) is 0 Å². The molecule has 0 atom stereocenters. The fraction of sp³-hybridized carbons (Fsp3) is 0.0526. The molecular weight excluding hydrogens is 387 g/mol. The number of hydrogen-bond donors (Lipinski definition) is 1. The Morgan fingerprint density at radius 1 is 1.08 bits per heavy atom. The average molecular weight is 401 g/mol. The Bertz CT molecular complexity index is 914. The fourth-order valence-electron chi connectivity index (χ4n) is 2.23. The minimum atomic E-state index is -0.609. The molecule has 25 heavy (non-hydrogen) atoms. The van der Waals surface area contributed by atoms with Gasteiger partial charge in [-0.2, -0.15) is 4.39 Å². The van der Waals surface area contributed by atoms with Gasteiger partial charge < -0.3 is 10.1 Å². The van der Waals surface area contributed by atoms with Gasteiger partial charge in [0.15, 0.2) is 0 Å². The number of amides is 1. The smallest absolute Gasteiger partial charge is 0.257 e. The lowest BCUT2D eigenvalue weighted by Gasteiger charge is -2.10. The van der Waals surface area contributed by atoms with E-state index in [1.54, 1.807) is 31.2 Å². The van der Waals surface area contributed by atoms with Gasteiger partial charge in [0.05, 0.1) is 15.7 Å². The normalized spacial score (nSPS) is 10.4. The first-order valence-corrected chi connectivity index (χ1v) is 8.29. The summed E-state index contributed by atoms with van der Waals surface area (Å²) < 4.78 is 19.7. The lowest BCUT2D eigenvalue weighted by molar-refractivity contribution is 0.102. The number of halogens is 2. The molecule has 3 rings (SSSR count). The molecule has 1 N–H and O–H groups in total. The van der Waals surface area contributed by atoms with Gasteiger partial charge in [0.1, 0.15) is 11.5 Å². The van der Waals surface area contributed by atoms with Gasteiger partial charge >= 0.3 is 0 Å². The molecule has 126 valence electrons. The van der Waals surface area contributed by atoms with Crippen LogP contribution in [0.1, 0.15) is 16.1 Å². The van der Waals surface area contributed by atoms with Crippen LogP contribution < -0.4 is 10.1 Å². The molecule has 4 nitrogen and oxygen atoms in total. The zero-order valence-electron chi connectivity index (χ0n) is 13.3. The molecule has 1 heterocycles. The third kappa shape index (κ3) is 4.22. The fourth-order valence-corrected chi connectivity index (χ4v) is 2.60. The number of nitrogens with one attached hydrogen (secondary N) is 1. The van der Waals surface area contributed by atoms with Crippen LogP contribution in [-0.4, -0.2) is 10.9 Å². The van der Waals surface area contributed by atoms with Crippen LogP contribution in [0.3, 0.4) is 0 Å². The number of ether oxygens (including phenoxy) is 1. The summed E-state index contributed by atoms with van der Waals surface area (Å²) in [5, 5.41) is 2.75. The second-order valence-electron chi connectivity index (χ2n) is 5.28. The zero-order valence-corrected chi connectivity index (χ0v) is 14.9. The van der Waals surface area contributed by atoms with Crippen LogP contribution in [0.5, 0.6) is 11.5 Å². The molecule has 0 saturated carbocycles. The van der Waals surface area contributed by atoms with E-state index in [1.807, 2.05) is 24.3 Å². The van der Waals surface area contributed by atoms with Crippen LogP contribution >= 0.6 is 15.9 Å². The van der Waals surface area contributed by atoms with Crippen molar-refractivity contribution in [3.63, 3.8) is 0 Å². The van der Waals surface area contributed by atoms with E-state index in [4.69, 9.17) is 4.74 Å². The van der Waals surface area contributed by atoms with Crippen molar-refractivity contribution in [3.8, 4) is 11.5 Å². The molecule has 2 aromatic carbocycles. The van der Waals surface area contributed by atoms with Crippen LogP contribution in [0.15, 0.2) is 65.1 Å². The maximum absolute atomic E-state index is 13.0. The third-order valence-corrected chi connectivity index (χ3v) is 4.13. The van der Waals surface area contributed by atoms with E-state index in [1.165, 1.54) is 6.07 Å². The maximum Gasteiger partial charge on any atom is 0.257 e. The highest BCUT2D eigenvalue weighted by molar-refractivity contribution is 9.10. The van der Waals surface area contributed by atoms with Gasteiger partial charge in [-0.05, 0) is 71.4 Å². The molecule has 0 aliphatic rings. The average Bonchev–Trinajstić information content (AvgIpc) is 2.58. The quantitative estimate of drug-likeness (QED) is 0.601. The Morgan fingerprint density at radius 2 is 1.80 bits per heavy atom. The number of pyridine rings is 1. The summed E-state index contributed by atoms with van der Waals surface area (Å²) in [5.41, 5.74) is 1.27. The van der Waals surface area contributed by atoms with Crippen molar-refractivity contribution >= 4 is 27.5 Å². The monoisotopic (exact) mass is 400 g/mol. The van der Waals surface area contributed by atoms with E-state index >= 15 is 0 Å². The number of para-hydroxylation sites is 1. The van der Waals surface area contributed by atoms with Crippen LogP contribution in [0.2, 0.25) is 0 Å². The summed E-state index contributed by atoms with van der Waals surface area (Å²) in [7, 11) is 0. The number of carbonyl (C=O) groups excluding carboxylic acids is 1. The molecule has 0 unspecified atom stereocenters. The van der Waals surface area contributed by atoms with Gasteiger partial charge in [-0.15, -0.1) is 0 Å². The number of carbonyl (C=O) groups is 1. The molecule has 1 amide bonds. The Balaban J connectivity index is 1.70. The van der Waals surface area contributed by atoms with E-state index in [2.05, 4.69) is 26.2 Å².